The largest absolute Gasteiger partial charge is 0.381 e. The number of nitrogens with zero attached hydrogens (tertiary/aromatic N) is 2. The normalized spacial score (nSPS) is 32.5. The maximum Gasteiger partial charge on any atom is 0.317 e. The van der Waals surface area contributed by atoms with Gasteiger partial charge in [-0.05, 0) is 31.6 Å². The lowest BCUT2D eigenvalue weighted by molar-refractivity contribution is 0.117. The van der Waals surface area contributed by atoms with Crippen molar-refractivity contribution in [3.63, 3.8) is 0 Å². The molecule has 25 heavy (non-hydrogen) atoms. The van der Waals surface area contributed by atoms with E-state index in [0.29, 0.717) is 5.92 Å². The standard InChI is InChI=1S/C18H33N3O3S/c1-2-25(23)17-5-3-4-16(12-17)19-18(22)21-9-7-20(8-10-21)13-15-6-11-24-14-15/h15-17H,2-14H2,1H3,(H,19,22)/t15-,16+,17+,25-/m0/s1. The zero-order chi connectivity index (χ0) is 17.6. The molecule has 2 amide bonds. The zero-order valence-electron chi connectivity index (χ0n) is 15.5. The van der Waals surface area contributed by atoms with Crippen molar-refractivity contribution in [3.8, 4) is 0 Å². The number of amides is 2. The molecule has 4 atom stereocenters. The Morgan fingerprint density at radius 1 is 1.20 bits per heavy atom. The maximum absolute atomic E-state index is 12.6. The van der Waals surface area contributed by atoms with Gasteiger partial charge in [-0.3, -0.25) is 9.11 Å². The highest BCUT2D eigenvalue weighted by Crippen LogP contribution is 2.23. The van der Waals surface area contributed by atoms with Crippen LogP contribution in [0.4, 0.5) is 4.79 Å². The first-order valence-electron chi connectivity index (χ1n) is 9.88. The Hall–Kier alpha value is -0.660. The van der Waals surface area contributed by atoms with Crippen LogP contribution in [0.3, 0.4) is 0 Å². The highest BCUT2D eigenvalue weighted by Gasteiger charge is 2.29. The van der Waals surface area contributed by atoms with Crippen LogP contribution < -0.4 is 5.32 Å². The van der Waals surface area contributed by atoms with Crippen LogP contribution in [-0.4, -0.2) is 83.0 Å². The molecule has 0 aromatic heterocycles. The highest BCUT2D eigenvalue weighted by molar-refractivity contribution is 7.85. The minimum atomic E-state index is -0.743. The van der Waals surface area contributed by atoms with Gasteiger partial charge in [-0.25, -0.2) is 4.79 Å². The number of rotatable bonds is 5. The van der Waals surface area contributed by atoms with E-state index in [4.69, 9.17) is 4.74 Å². The lowest BCUT2D eigenvalue weighted by atomic mass is 9.95. The van der Waals surface area contributed by atoms with Crippen LogP contribution in [0, 0.1) is 5.92 Å². The second kappa shape index (κ2) is 9.33. The van der Waals surface area contributed by atoms with Crippen molar-refractivity contribution in [2.45, 2.75) is 50.3 Å². The summed E-state index contributed by atoms with van der Waals surface area (Å²) in [6.07, 6.45) is 5.16. The van der Waals surface area contributed by atoms with E-state index in [1.165, 1.54) is 6.42 Å². The molecule has 2 aliphatic heterocycles. The van der Waals surface area contributed by atoms with Gasteiger partial charge in [0.15, 0.2) is 0 Å². The summed E-state index contributed by atoms with van der Waals surface area (Å²) >= 11 is 0. The number of hydrogen-bond donors (Lipinski definition) is 1. The molecule has 3 fully saturated rings. The Balaban J connectivity index is 1.39. The molecule has 0 aromatic rings. The molecule has 1 aliphatic carbocycles. The average Bonchev–Trinajstić information content (AvgIpc) is 3.15. The minimum Gasteiger partial charge on any atom is -0.381 e. The Morgan fingerprint density at radius 2 is 2.00 bits per heavy atom. The molecule has 2 saturated heterocycles. The first kappa shape index (κ1) is 19.1. The van der Waals surface area contributed by atoms with Crippen LogP contribution in [0.1, 0.15) is 39.0 Å². The molecule has 0 radical (unpaired) electrons. The highest BCUT2D eigenvalue weighted by atomic mass is 32.2. The predicted octanol–water partition coefficient (Wildman–Crippen LogP) is 1.43. The summed E-state index contributed by atoms with van der Waals surface area (Å²) in [5.41, 5.74) is 0. The number of piperazine rings is 1. The summed E-state index contributed by atoms with van der Waals surface area (Å²) in [6.45, 7) is 8.39. The lowest BCUT2D eigenvalue weighted by Gasteiger charge is -2.37. The monoisotopic (exact) mass is 371 g/mol. The van der Waals surface area contributed by atoms with E-state index in [9.17, 15) is 9.00 Å². The third-order valence-corrected chi connectivity index (χ3v) is 7.55. The van der Waals surface area contributed by atoms with Gasteiger partial charge in [-0.15, -0.1) is 0 Å². The van der Waals surface area contributed by atoms with E-state index in [1.54, 1.807) is 0 Å². The number of ether oxygens (including phenoxy) is 1. The van der Waals surface area contributed by atoms with Crippen LogP contribution in [0.25, 0.3) is 0 Å². The fourth-order valence-corrected chi connectivity index (χ4v) is 5.59. The van der Waals surface area contributed by atoms with Crippen molar-refractivity contribution in [1.29, 1.82) is 0 Å². The number of carbonyl (C=O) groups excluding carboxylic acids is 1. The molecule has 1 N–H and O–H groups in total. The van der Waals surface area contributed by atoms with E-state index in [1.807, 2.05) is 11.8 Å². The van der Waals surface area contributed by atoms with E-state index in [0.717, 1.165) is 77.4 Å². The molecule has 3 aliphatic rings. The smallest absolute Gasteiger partial charge is 0.317 e. The molecule has 1 saturated carbocycles. The number of nitrogens with one attached hydrogen (secondary N) is 1. The second-order valence-corrected chi connectivity index (χ2v) is 9.63. The van der Waals surface area contributed by atoms with E-state index >= 15 is 0 Å². The van der Waals surface area contributed by atoms with E-state index in [2.05, 4.69) is 10.2 Å². The maximum atomic E-state index is 12.6. The summed E-state index contributed by atoms with van der Waals surface area (Å²) in [6, 6.07) is 0.257. The van der Waals surface area contributed by atoms with Crippen molar-refractivity contribution in [3.05, 3.63) is 0 Å². The van der Waals surface area contributed by atoms with Crippen molar-refractivity contribution < 1.29 is 13.7 Å². The van der Waals surface area contributed by atoms with E-state index in [-0.39, 0.29) is 17.3 Å². The molecule has 144 valence electrons. The van der Waals surface area contributed by atoms with Gasteiger partial charge in [-0.2, -0.15) is 0 Å². The summed E-state index contributed by atoms with van der Waals surface area (Å²) in [5.74, 6) is 1.39. The molecule has 7 heteroatoms. The van der Waals surface area contributed by atoms with Gasteiger partial charge in [0.2, 0.25) is 0 Å². The van der Waals surface area contributed by atoms with Crippen LogP contribution in [0.15, 0.2) is 0 Å². The van der Waals surface area contributed by atoms with Crippen LogP contribution >= 0.6 is 0 Å². The molecule has 0 aromatic carbocycles. The summed E-state index contributed by atoms with van der Waals surface area (Å²) in [4.78, 5) is 17.0. The first-order chi connectivity index (χ1) is 12.2. The minimum absolute atomic E-state index is 0.0665. The van der Waals surface area contributed by atoms with Crippen LogP contribution in [0.5, 0.6) is 0 Å². The van der Waals surface area contributed by atoms with Crippen molar-refractivity contribution in [2.75, 3.05) is 51.7 Å². The van der Waals surface area contributed by atoms with Gasteiger partial charge >= 0.3 is 6.03 Å². The van der Waals surface area contributed by atoms with Gasteiger partial charge in [0.25, 0.3) is 0 Å². The van der Waals surface area contributed by atoms with Gasteiger partial charge < -0.3 is 15.0 Å². The van der Waals surface area contributed by atoms with Crippen LogP contribution in [-0.2, 0) is 15.5 Å². The zero-order valence-corrected chi connectivity index (χ0v) is 16.3. The molecule has 0 unspecified atom stereocenters. The third kappa shape index (κ3) is 5.41. The predicted molar refractivity (Wildman–Crippen MR) is 100 cm³/mol. The van der Waals surface area contributed by atoms with Gasteiger partial charge in [0.05, 0.1) is 6.61 Å². The fraction of sp³-hybridized carbons (Fsp3) is 0.944. The van der Waals surface area contributed by atoms with Crippen molar-refractivity contribution >= 4 is 16.8 Å². The molecule has 2 heterocycles. The molecular weight excluding hydrogens is 338 g/mol. The number of urea groups is 1. The summed E-state index contributed by atoms with van der Waals surface area (Å²) in [5, 5.41) is 3.46. The second-order valence-electron chi connectivity index (χ2n) is 7.62. The Labute approximate surface area is 154 Å². The topological polar surface area (TPSA) is 61.9 Å². The quantitative estimate of drug-likeness (QED) is 0.794. The number of hydrogen-bond acceptors (Lipinski definition) is 4. The molecule has 0 bridgehead atoms. The summed E-state index contributed by atoms with van der Waals surface area (Å²) < 4.78 is 17.5. The molecule has 0 spiro atoms. The van der Waals surface area contributed by atoms with Gasteiger partial charge in [0, 0.05) is 67.2 Å². The Morgan fingerprint density at radius 3 is 2.68 bits per heavy atom. The first-order valence-corrected chi connectivity index (χ1v) is 11.3. The Bertz CT molecular complexity index is 462. The molecular formula is C18H33N3O3S. The Kier molecular flexibility index (Phi) is 7.13. The fourth-order valence-electron chi connectivity index (χ4n) is 4.24. The van der Waals surface area contributed by atoms with Gasteiger partial charge in [-0.1, -0.05) is 13.3 Å². The summed E-state index contributed by atoms with van der Waals surface area (Å²) in [7, 11) is -0.743. The number of carbonyl (C=O) groups is 1. The third-order valence-electron chi connectivity index (χ3n) is 5.81. The average molecular weight is 372 g/mol. The van der Waals surface area contributed by atoms with Crippen LogP contribution in [0.2, 0.25) is 0 Å². The van der Waals surface area contributed by atoms with Crippen molar-refractivity contribution in [1.82, 2.24) is 15.1 Å². The van der Waals surface area contributed by atoms with Crippen molar-refractivity contribution in [2.24, 2.45) is 5.92 Å². The van der Waals surface area contributed by atoms with E-state index < -0.39 is 10.8 Å². The lowest BCUT2D eigenvalue weighted by Crippen LogP contribution is -2.54. The van der Waals surface area contributed by atoms with Gasteiger partial charge in [0.1, 0.15) is 0 Å². The molecule has 6 nitrogen and oxygen atoms in total. The molecule has 3 rings (SSSR count). The SMILES string of the molecule is CC[S@](=O)[C@@H]1CCC[C@@H](NC(=O)N2CCN(C[C@@H]3CCOC3)CC2)C1.